The van der Waals surface area contributed by atoms with E-state index in [0.717, 1.165) is 16.7 Å². The first-order valence-corrected chi connectivity index (χ1v) is 9.16. The van der Waals surface area contributed by atoms with Crippen LogP contribution in [0.25, 0.3) is 17.4 Å². The van der Waals surface area contributed by atoms with Gasteiger partial charge in [0.05, 0.1) is 0 Å². The van der Waals surface area contributed by atoms with Crippen LogP contribution in [0.4, 0.5) is 0 Å². The van der Waals surface area contributed by atoms with E-state index < -0.39 is 11.8 Å². The average molecular weight is 368 g/mol. The zero-order chi connectivity index (χ0) is 19.4. The minimum absolute atomic E-state index is 0.406. The summed E-state index contributed by atoms with van der Waals surface area (Å²) in [5, 5.41) is 0. The van der Waals surface area contributed by atoms with Gasteiger partial charge in [0, 0.05) is 12.5 Å². The van der Waals surface area contributed by atoms with Crippen LogP contribution < -0.4 is 0 Å². The Balaban J connectivity index is 1.78. The van der Waals surface area contributed by atoms with Gasteiger partial charge in [0.1, 0.15) is 11.3 Å². The summed E-state index contributed by atoms with van der Waals surface area (Å²) in [5.41, 5.74) is 3.03. The summed E-state index contributed by atoms with van der Waals surface area (Å²) < 4.78 is 12.0. The van der Waals surface area contributed by atoms with Crippen LogP contribution in [0, 0.1) is 0 Å². The zero-order valence-electron chi connectivity index (χ0n) is 15.5. The Morgan fingerprint density at radius 1 is 0.714 bits per heavy atom. The highest BCUT2D eigenvalue weighted by Gasteiger charge is 2.38. The molecule has 1 heterocycles. The third-order valence-corrected chi connectivity index (χ3v) is 4.51. The molecule has 3 aromatic rings. The lowest BCUT2D eigenvalue weighted by molar-refractivity contribution is -0.180. The lowest BCUT2D eigenvalue weighted by Gasteiger charge is -2.34. The monoisotopic (exact) mass is 368 g/mol. The zero-order valence-corrected chi connectivity index (χ0v) is 15.5. The van der Waals surface area contributed by atoms with E-state index in [1.165, 1.54) is 0 Å². The van der Waals surface area contributed by atoms with Crippen molar-refractivity contribution >= 4 is 23.4 Å². The average Bonchev–Trinajstić information content (AvgIpc) is 2.74. The molecular weight excluding hydrogens is 348 g/mol. The molecule has 0 spiro atoms. The number of esters is 1. The quantitative estimate of drug-likeness (QED) is 0.566. The van der Waals surface area contributed by atoms with Crippen molar-refractivity contribution < 1.29 is 14.3 Å². The van der Waals surface area contributed by atoms with Crippen LogP contribution in [-0.4, -0.2) is 11.8 Å². The molecule has 28 heavy (non-hydrogen) atoms. The van der Waals surface area contributed by atoms with Crippen molar-refractivity contribution in [3.63, 3.8) is 0 Å². The molecule has 0 saturated heterocycles. The van der Waals surface area contributed by atoms with E-state index in [-0.39, 0.29) is 0 Å². The highest BCUT2D eigenvalue weighted by Crippen LogP contribution is 2.38. The van der Waals surface area contributed by atoms with Crippen LogP contribution >= 0.6 is 0 Å². The highest BCUT2D eigenvalue weighted by atomic mass is 16.7. The molecule has 3 heteroatoms. The lowest BCUT2D eigenvalue weighted by atomic mass is 9.99. The number of benzene rings is 3. The first-order chi connectivity index (χ1) is 13.6. The smallest absolute Gasteiger partial charge is 0.346 e. The van der Waals surface area contributed by atoms with Gasteiger partial charge in [-0.2, -0.15) is 0 Å². The van der Waals surface area contributed by atoms with Gasteiger partial charge in [0.15, 0.2) is 0 Å². The van der Waals surface area contributed by atoms with Gasteiger partial charge >= 0.3 is 5.97 Å². The molecule has 3 nitrogen and oxygen atoms in total. The molecule has 4 rings (SSSR count). The summed E-state index contributed by atoms with van der Waals surface area (Å²) in [6, 6.07) is 28.9. The van der Waals surface area contributed by atoms with Gasteiger partial charge in [0.2, 0.25) is 0 Å². The number of hydrogen-bond donors (Lipinski definition) is 0. The second-order valence-electron chi connectivity index (χ2n) is 6.69. The number of rotatable bonds is 4. The molecule has 0 fully saturated rings. The first kappa shape index (κ1) is 17.8. The van der Waals surface area contributed by atoms with Gasteiger partial charge in [-0.1, -0.05) is 97.1 Å². The number of cyclic esters (lactones) is 1. The van der Waals surface area contributed by atoms with Crippen molar-refractivity contribution in [2.45, 2.75) is 12.7 Å². The minimum atomic E-state index is -1.20. The van der Waals surface area contributed by atoms with Gasteiger partial charge in [-0.3, -0.25) is 0 Å². The maximum atomic E-state index is 13.0. The van der Waals surface area contributed by atoms with Gasteiger partial charge in [0.25, 0.3) is 5.79 Å². The van der Waals surface area contributed by atoms with Crippen LogP contribution in [0.1, 0.15) is 23.6 Å². The van der Waals surface area contributed by atoms with Crippen LogP contribution in [0.15, 0.2) is 97.1 Å². The Morgan fingerprint density at radius 3 is 1.86 bits per heavy atom. The van der Waals surface area contributed by atoms with Gasteiger partial charge in [-0.05, 0) is 17.2 Å². The van der Waals surface area contributed by atoms with E-state index >= 15 is 0 Å². The highest BCUT2D eigenvalue weighted by molar-refractivity contribution is 6.24. The topological polar surface area (TPSA) is 35.5 Å². The lowest BCUT2D eigenvalue weighted by Crippen LogP contribution is -2.37. The van der Waals surface area contributed by atoms with Crippen LogP contribution in [0.5, 0.6) is 0 Å². The Bertz CT molecular complexity index is 1020. The molecule has 0 aromatic heterocycles. The summed E-state index contributed by atoms with van der Waals surface area (Å²) in [5.74, 6) is -1.09. The summed E-state index contributed by atoms with van der Waals surface area (Å²) in [4.78, 5) is 13.0. The summed E-state index contributed by atoms with van der Waals surface area (Å²) in [7, 11) is 0. The number of ether oxygens (including phenoxy) is 2. The van der Waals surface area contributed by atoms with Gasteiger partial charge < -0.3 is 9.47 Å². The Labute approximate surface area is 164 Å². The largest absolute Gasteiger partial charge is 0.447 e. The van der Waals surface area contributed by atoms with E-state index in [9.17, 15) is 4.79 Å². The van der Waals surface area contributed by atoms with Crippen LogP contribution in [0.3, 0.4) is 0 Å². The predicted molar refractivity (Wildman–Crippen MR) is 111 cm³/mol. The normalized spacial score (nSPS) is 19.4. The molecule has 0 N–H and O–H groups in total. The maximum absolute atomic E-state index is 13.0. The molecule has 1 aliphatic rings. The standard InChI is InChI=1S/C25H20O3/c1-25(18-17-19-11-5-2-6-12-19)27-23(21-15-9-4-10-16-21)22(24(26)28-25)20-13-7-3-8-14-20/h2-18H,1H3/b18-17+. The fourth-order valence-electron chi connectivity index (χ4n) is 3.13. The van der Waals surface area contributed by atoms with Gasteiger partial charge in [-0.25, -0.2) is 4.79 Å². The van der Waals surface area contributed by atoms with Crippen LogP contribution in [0.2, 0.25) is 0 Å². The fourth-order valence-corrected chi connectivity index (χ4v) is 3.13. The molecule has 3 aromatic carbocycles. The van der Waals surface area contributed by atoms with Crippen molar-refractivity contribution in [2.75, 3.05) is 0 Å². The van der Waals surface area contributed by atoms with Crippen molar-refractivity contribution in [1.29, 1.82) is 0 Å². The fraction of sp³-hybridized carbons (Fsp3) is 0.0800. The Morgan fingerprint density at radius 2 is 1.25 bits per heavy atom. The van der Waals surface area contributed by atoms with E-state index in [1.807, 2.05) is 97.1 Å². The van der Waals surface area contributed by atoms with Crippen molar-refractivity contribution in [3.05, 3.63) is 114 Å². The Hall–Kier alpha value is -3.59. The third-order valence-electron chi connectivity index (χ3n) is 4.51. The molecule has 0 bridgehead atoms. The molecule has 1 aliphatic heterocycles. The van der Waals surface area contributed by atoms with E-state index in [0.29, 0.717) is 11.3 Å². The molecular formula is C25H20O3. The summed E-state index contributed by atoms with van der Waals surface area (Å²) in [6.45, 7) is 1.75. The minimum Gasteiger partial charge on any atom is -0.447 e. The van der Waals surface area contributed by atoms with Gasteiger partial charge in [-0.15, -0.1) is 0 Å². The predicted octanol–water partition coefficient (Wildman–Crippen LogP) is 5.56. The molecule has 0 radical (unpaired) electrons. The van der Waals surface area contributed by atoms with E-state index in [4.69, 9.17) is 9.47 Å². The first-order valence-electron chi connectivity index (χ1n) is 9.16. The third kappa shape index (κ3) is 3.74. The number of hydrogen-bond acceptors (Lipinski definition) is 3. The molecule has 0 saturated carbocycles. The van der Waals surface area contributed by atoms with E-state index in [2.05, 4.69) is 0 Å². The molecule has 1 atom stereocenters. The number of carbonyl (C=O) groups excluding carboxylic acids is 1. The van der Waals surface area contributed by atoms with Crippen molar-refractivity contribution in [1.82, 2.24) is 0 Å². The summed E-state index contributed by atoms with van der Waals surface area (Å²) >= 11 is 0. The Kier molecular flexibility index (Phi) is 4.81. The second kappa shape index (κ2) is 7.57. The molecule has 1 unspecified atom stereocenters. The number of carbonyl (C=O) groups is 1. The molecule has 138 valence electrons. The summed E-state index contributed by atoms with van der Waals surface area (Å²) in [6.07, 6.45) is 3.66. The maximum Gasteiger partial charge on any atom is 0.346 e. The van der Waals surface area contributed by atoms with Crippen molar-refractivity contribution in [2.24, 2.45) is 0 Å². The molecule has 0 aliphatic carbocycles. The van der Waals surface area contributed by atoms with Crippen molar-refractivity contribution in [3.8, 4) is 0 Å². The van der Waals surface area contributed by atoms with Crippen LogP contribution in [-0.2, 0) is 14.3 Å². The molecule has 0 amide bonds. The van der Waals surface area contributed by atoms with E-state index in [1.54, 1.807) is 13.0 Å². The SMILES string of the molecule is CC1(/C=C/c2ccccc2)OC(=O)C(c2ccccc2)=C(c2ccccc2)O1. The second-order valence-corrected chi connectivity index (χ2v) is 6.69.